The van der Waals surface area contributed by atoms with Gasteiger partial charge in [-0.1, -0.05) is 6.92 Å². The van der Waals surface area contributed by atoms with E-state index in [0.717, 1.165) is 45.1 Å². The average Bonchev–Trinajstić information content (AvgIpc) is 3.35. The first-order chi connectivity index (χ1) is 14.8. The summed E-state index contributed by atoms with van der Waals surface area (Å²) in [4.78, 5) is 14.6. The van der Waals surface area contributed by atoms with Gasteiger partial charge in [0.1, 0.15) is 6.54 Å². The van der Waals surface area contributed by atoms with Crippen molar-refractivity contribution in [2.24, 2.45) is 40.4 Å². The van der Waals surface area contributed by atoms with Gasteiger partial charge < -0.3 is 9.84 Å². The van der Waals surface area contributed by atoms with Gasteiger partial charge in [0, 0.05) is 13.0 Å². The van der Waals surface area contributed by atoms with E-state index in [0.29, 0.717) is 23.7 Å². The maximum absolute atomic E-state index is 13.2. The Kier molecular flexibility index (Phi) is 5.28. The monoisotopic (exact) mass is 430 g/mol. The molecule has 0 aromatic carbocycles. The highest BCUT2D eigenvalue weighted by atomic mass is 16.5. The van der Waals surface area contributed by atoms with Crippen molar-refractivity contribution >= 4 is 5.78 Å². The second-order valence-electron chi connectivity index (χ2n) is 11.6. The number of aliphatic hydroxyl groups is 1. The molecular formula is C24H38N4O3. The Hall–Kier alpha value is -1.34. The quantitative estimate of drug-likeness (QED) is 0.771. The van der Waals surface area contributed by atoms with Crippen molar-refractivity contribution in [1.82, 2.24) is 20.2 Å². The lowest BCUT2D eigenvalue weighted by Gasteiger charge is -2.62. The van der Waals surface area contributed by atoms with Crippen LogP contribution in [0.15, 0.2) is 6.33 Å². The molecule has 1 heterocycles. The van der Waals surface area contributed by atoms with Gasteiger partial charge in [0.05, 0.1) is 12.2 Å². The Morgan fingerprint density at radius 1 is 1.13 bits per heavy atom. The Morgan fingerprint density at radius 3 is 2.71 bits per heavy atom. The minimum absolute atomic E-state index is 0.0834. The maximum Gasteiger partial charge on any atom is 0.162 e. The maximum atomic E-state index is 13.2. The summed E-state index contributed by atoms with van der Waals surface area (Å²) in [6.45, 7) is 5.47. The topological polar surface area (TPSA) is 90.1 Å². The van der Waals surface area contributed by atoms with Crippen molar-refractivity contribution < 1.29 is 14.6 Å². The molecule has 4 aliphatic rings. The molecule has 7 heteroatoms. The van der Waals surface area contributed by atoms with Crippen LogP contribution in [0.5, 0.6) is 0 Å². The molecule has 0 radical (unpaired) electrons. The predicted molar refractivity (Wildman–Crippen MR) is 115 cm³/mol. The zero-order chi connectivity index (χ0) is 21.9. The first kappa shape index (κ1) is 21.5. The number of ether oxygens (including phenoxy) is 1. The normalized spacial score (nSPS) is 46.8. The number of hydrogen-bond acceptors (Lipinski definition) is 6. The number of Topliss-reactive ketones (excluding diaryl/α,β-unsaturated/α-hetero) is 1. The summed E-state index contributed by atoms with van der Waals surface area (Å²) in [5.41, 5.74) is -0.244. The van der Waals surface area contributed by atoms with E-state index in [1.807, 2.05) is 14.0 Å². The number of nitrogens with zero attached hydrogens (tertiary/aromatic N) is 4. The third-order valence-electron chi connectivity index (χ3n) is 10.1. The van der Waals surface area contributed by atoms with Crippen molar-refractivity contribution in [2.75, 3.05) is 13.7 Å². The first-order valence-corrected chi connectivity index (χ1v) is 12.2. The number of ketones is 1. The van der Waals surface area contributed by atoms with Gasteiger partial charge in [0.15, 0.2) is 12.1 Å². The highest BCUT2D eigenvalue weighted by Gasteiger charge is 2.63. The summed E-state index contributed by atoms with van der Waals surface area (Å²) in [7, 11) is 1.84. The van der Waals surface area contributed by atoms with Crippen molar-refractivity contribution in [3.63, 3.8) is 0 Å². The molecule has 1 aromatic heterocycles. The summed E-state index contributed by atoms with van der Waals surface area (Å²) in [5.74, 6) is 2.88. The fraction of sp³-hybridized carbons (Fsp3) is 0.917. The SMILES string of the molecule is COCC12CCC(C)(O)CC1CCC1C3CCC(C(=O)Cn4ncnn4)C3(C)CCC12. The zero-order valence-electron chi connectivity index (χ0n) is 19.3. The van der Waals surface area contributed by atoms with E-state index in [4.69, 9.17) is 4.74 Å². The molecule has 0 aliphatic heterocycles. The van der Waals surface area contributed by atoms with Crippen LogP contribution in [0.25, 0.3) is 0 Å². The second kappa shape index (κ2) is 7.62. The molecule has 5 rings (SSSR count). The van der Waals surface area contributed by atoms with Crippen LogP contribution in [0.2, 0.25) is 0 Å². The number of fused-ring (bicyclic) bond motifs is 5. The van der Waals surface area contributed by atoms with Gasteiger partial charge in [-0.3, -0.25) is 4.79 Å². The lowest BCUT2D eigenvalue weighted by Crippen LogP contribution is -2.58. The van der Waals surface area contributed by atoms with Crippen molar-refractivity contribution in [3.8, 4) is 0 Å². The van der Waals surface area contributed by atoms with Gasteiger partial charge >= 0.3 is 0 Å². The third-order valence-corrected chi connectivity index (χ3v) is 10.1. The van der Waals surface area contributed by atoms with Crippen molar-refractivity contribution in [3.05, 3.63) is 6.33 Å². The minimum Gasteiger partial charge on any atom is -0.390 e. The highest BCUT2D eigenvalue weighted by Crippen LogP contribution is 2.68. The second-order valence-corrected chi connectivity index (χ2v) is 11.6. The third kappa shape index (κ3) is 3.38. The predicted octanol–water partition coefficient (Wildman–Crippen LogP) is 3.28. The molecule has 0 spiro atoms. The Balaban J connectivity index is 1.38. The molecule has 4 aliphatic carbocycles. The van der Waals surface area contributed by atoms with Crippen LogP contribution in [0.4, 0.5) is 0 Å². The fourth-order valence-corrected chi connectivity index (χ4v) is 8.82. The largest absolute Gasteiger partial charge is 0.390 e. The Labute approximate surface area is 185 Å². The molecule has 8 atom stereocenters. The molecule has 172 valence electrons. The van der Waals surface area contributed by atoms with E-state index in [-0.39, 0.29) is 29.1 Å². The number of methoxy groups -OCH3 is 1. The summed E-state index contributed by atoms with van der Waals surface area (Å²) < 4.78 is 5.85. The lowest BCUT2D eigenvalue weighted by atomic mass is 9.43. The van der Waals surface area contributed by atoms with Gasteiger partial charge in [0.25, 0.3) is 0 Å². The molecule has 0 amide bonds. The smallest absolute Gasteiger partial charge is 0.162 e. The molecule has 8 unspecified atom stereocenters. The van der Waals surface area contributed by atoms with Crippen LogP contribution in [0.1, 0.15) is 71.6 Å². The molecule has 0 bridgehead atoms. The van der Waals surface area contributed by atoms with Crippen LogP contribution >= 0.6 is 0 Å². The van der Waals surface area contributed by atoms with E-state index in [1.165, 1.54) is 30.4 Å². The number of carbonyl (C=O) groups excluding carboxylic acids is 1. The zero-order valence-corrected chi connectivity index (χ0v) is 19.3. The molecule has 4 saturated carbocycles. The van der Waals surface area contributed by atoms with Gasteiger partial charge in [-0.25, -0.2) is 0 Å². The number of hydrogen-bond donors (Lipinski definition) is 1. The summed E-state index contributed by atoms with van der Waals surface area (Å²) in [6, 6.07) is 0. The van der Waals surface area contributed by atoms with Crippen molar-refractivity contribution in [2.45, 2.75) is 83.8 Å². The van der Waals surface area contributed by atoms with Crippen LogP contribution < -0.4 is 0 Å². The first-order valence-electron chi connectivity index (χ1n) is 12.2. The van der Waals surface area contributed by atoms with Gasteiger partial charge in [-0.2, -0.15) is 4.80 Å². The van der Waals surface area contributed by atoms with Crippen LogP contribution in [-0.2, 0) is 16.1 Å². The average molecular weight is 431 g/mol. The molecule has 7 nitrogen and oxygen atoms in total. The van der Waals surface area contributed by atoms with E-state index >= 15 is 0 Å². The highest BCUT2D eigenvalue weighted by molar-refractivity contribution is 5.81. The number of rotatable bonds is 5. The lowest BCUT2D eigenvalue weighted by molar-refractivity contribution is -0.175. The Bertz CT molecular complexity index is 812. The molecule has 1 aromatic rings. The molecule has 1 N–H and O–H groups in total. The summed E-state index contributed by atoms with van der Waals surface area (Å²) in [5, 5.41) is 22.5. The van der Waals surface area contributed by atoms with Crippen LogP contribution in [0, 0.1) is 40.4 Å². The number of carbonyl (C=O) groups is 1. The summed E-state index contributed by atoms with van der Waals surface area (Å²) >= 11 is 0. The van der Waals surface area contributed by atoms with Gasteiger partial charge in [0.2, 0.25) is 0 Å². The molecule has 4 fully saturated rings. The van der Waals surface area contributed by atoms with Crippen LogP contribution in [-0.4, -0.2) is 50.4 Å². The molecular weight excluding hydrogens is 392 g/mol. The number of tetrazole rings is 1. The van der Waals surface area contributed by atoms with Gasteiger partial charge in [-0.05, 0) is 104 Å². The number of aromatic nitrogens is 4. The fourth-order valence-electron chi connectivity index (χ4n) is 8.82. The van der Waals surface area contributed by atoms with E-state index in [1.54, 1.807) is 0 Å². The Morgan fingerprint density at radius 2 is 1.97 bits per heavy atom. The van der Waals surface area contributed by atoms with E-state index in [2.05, 4.69) is 22.3 Å². The molecule has 0 saturated heterocycles. The van der Waals surface area contributed by atoms with E-state index < -0.39 is 5.60 Å². The minimum atomic E-state index is -0.530. The van der Waals surface area contributed by atoms with Gasteiger partial charge in [-0.15, -0.1) is 10.2 Å². The van der Waals surface area contributed by atoms with E-state index in [9.17, 15) is 9.90 Å². The summed E-state index contributed by atoms with van der Waals surface area (Å²) in [6.07, 6.45) is 11.1. The van der Waals surface area contributed by atoms with Crippen molar-refractivity contribution in [1.29, 1.82) is 0 Å². The standard InChI is InChI=1S/C24H38N4O3/c1-22(30)10-11-24(14-31-3)16(12-22)4-5-17-18-6-7-20(23(18,2)9-8-19(17)24)21(29)13-28-26-15-25-27-28/h15-20,30H,4-14H2,1-3H3. The molecule has 31 heavy (non-hydrogen) atoms. The van der Waals surface area contributed by atoms with Crippen LogP contribution in [0.3, 0.4) is 0 Å².